The SMILES string of the molecule is CN(CC(=O)O)C[C@H]1CCc2cc(-c3cccs3)ccc2[C@H]1c1ccccc1.Cl. The van der Waals surface area contributed by atoms with Crippen molar-refractivity contribution in [3.05, 3.63) is 82.7 Å². The van der Waals surface area contributed by atoms with Crippen LogP contribution in [-0.4, -0.2) is 36.1 Å². The maximum absolute atomic E-state index is 11.1. The molecule has 0 radical (unpaired) electrons. The normalized spacial score (nSPS) is 18.1. The molecular weight excluding hydrogens is 402 g/mol. The first-order chi connectivity index (χ1) is 13.6. The molecule has 0 amide bonds. The Morgan fingerprint density at radius 1 is 1.14 bits per heavy atom. The summed E-state index contributed by atoms with van der Waals surface area (Å²) in [5.41, 5.74) is 5.44. The molecule has 0 saturated heterocycles. The van der Waals surface area contributed by atoms with Gasteiger partial charge in [-0.15, -0.1) is 23.7 Å². The maximum atomic E-state index is 11.1. The molecule has 5 heteroatoms. The minimum absolute atomic E-state index is 0. The highest BCUT2D eigenvalue weighted by atomic mass is 35.5. The van der Waals surface area contributed by atoms with Crippen LogP contribution < -0.4 is 0 Å². The van der Waals surface area contributed by atoms with Crippen LogP contribution in [-0.2, 0) is 11.2 Å². The first-order valence-corrected chi connectivity index (χ1v) is 10.6. The fourth-order valence-electron chi connectivity index (χ4n) is 4.49. The van der Waals surface area contributed by atoms with Gasteiger partial charge < -0.3 is 5.11 Å². The van der Waals surface area contributed by atoms with Crippen molar-refractivity contribution >= 4 is 29.7 Å². The molecular formula is C24H26ClNO2S. The molecule has 0 aliphatic heterocycles. The van der Waals surface area contributed by atoms with E-state index in [1.54, 1.807) is 11.3 Å². The van der Waals surface area contributed by atoms with Gasteiger partial charge in [0.25, 0.3) is 0 Å². The zero-order valence-electron chi connectivity index (χ0n) is 16.5. The first kappa shape index (κ1) is 21.6. The summed E-state index contributed by atoms with van der Waals surface area (Å²) in [4.78, 5) is 14.4. The Morgan fingerprint density at radius 3 is 2.62 bits per heavy atom. The molecule has 0 unspecified atom stereocenters. The second kappa shape index (κ2) is 9.57. The minimum atomic E-state index is -0.768. The molecule has 0 fully saturated rings. The average Bonchev–Trinajstić information content (AvgIpc) is 3.22. The number of fused-ring (bicyclic) bond motifs is 1. The van der Waals surface area contributed by atoms with E-state index in [1.807, 2.05) is 11.9 Å². The Labute approximate surface area is 182 Å². The van der Waals surface area contributed by atoms with Crippen LogP contribution in [0.4, 0.5) is 0 Å². The molecule has 4 rings (SSSR count). The molecule has 1 heterocycles. The average molecular weight is 428 g/mol. The lowest BCUT2D eigenvalue weighted by atomic mass is 9.71. The van der Waals surface area contributed by atoms with Gasteiger partial charge in [0.1, 0.15) is 0 Å². The number of benzene rings is 2. The van der Waals surface area contributed by atoms with Gasteiger partial charge in [-0.1, -0.05) is 54.6 Å². The standard InChI is InChI=1S/C24H25NO2S.ClH/c1-25(16-23(26)27)15-20-10-9-18-14-19(22-8-5-13-28-22)11-12-21(18)24(20)17-6-3-2-4-7-17;/h2-8,11-14,20,24H,9-10,15-16H2,1H3,(H,26,27);1H/t20-,24+;/m1./s1. The number of hydrogen-bond donors (Lipinski definition) is 1. The van der Waals surface area contributed by atoms with E-state index in [0.717, 1.165) is 19.4 Å². The lowest BCUT2D eigenvalue weighted by Crippen LogP contribution is -2.35. The highest BCUT2D eigenvalue weighted by Crippen LogP contribution is 2.42. The van der Waals surface area contributed by atoms with Gasteiger partial charge in [0.15, 0.2) is 0 Å². The van der Waals surface area contributed by atoms with Crippen molar-refractivity contribution in [3.63, 3.8) is 0 Å². The van der Waals surface area contributed by atoms with Gasteiger partial charge in [-0.2, -0.15) is 0 Å². The number of hydrogen-bond acceptors (Lipinski definition) is 3. The van der Waals surface area contributed by atoms with Crippen LogP contribution in [0.25, 0.3) is 10.4 Å². The van der Waals surface area contributed by atoms with E-state index in [4.69, 9.17) is 5.11 Å². The van der Waals surface area contributed by atoms with Crippen molar-refractivity contribution in [2.75, 3.05) is 20.1 Å². The van der Waals surface area contributed by atoms with Crippen LogP contribution >= 0.6 is 23.7 Å². The summed E-state index contributed by atoms with van der Waals surface area (Å²) in [6.07, 6.45) is 2.12. The number of thiophene rings is 1. The van der Waals surface area contributed by atoms with Gasteiger partial charge in [-0.3, -0.25) is 9.69 Å². The van der Waals surface area contributed by atoms with Crippen molar-refractivity contribution in [2.45, 2.75) is 18.8 Å². The first-order valence-electron chi connectivity index (χ1n) is 9.74. The molecule has 0 spiro atoms. The van der Waals surface area contributed by atoms with Crippen LogP contribution in [0.5, 0.6) is 0 Å². The molecule has 3 aromatic rings. The van der Waals surface area contributed by atoms with Crippen molar-refractivity contribution in [2.24, 2.45) is 5.92 Å². The summed E-state index contributed by atoms with van der Waals surface area (Å²) in [6.45, 7) is 0.875. The van der Waals surface area contributed by atoms with Crippen molar-refractivity contribution in [3.8, 4) is 10.4 Å². The lowest BCUT2D eigenvalue weighted by molar-refractivity contribution is -0.138. The number of aliphatic carboxylic acids is 1. The molecule has 29 heavy (non-hydrogen) atoms. The van der Waals surface area contributed by atoms with E-state index in [-0.39, 0.29) is 19.0 Å². The highest BCUT2D eigenvalue weighted by Gasteiger charge is 2.32. The van der Waals surface area contributed by atoms with Crippen molar-refractivity contribution in [1.29, 1.82) is 0 Å². The monoisotopic (exact) mass is 427 g/mol. The van der Waals surface area contributed by atoms with Gasteiger partial charge in [0, 0.05) is 17.3 Å². The van der Waals surface area contributed by atoms with Gasteiger partial charge >= 0.3 is 5.97 Å². The Kier molecular flexibility index (Phi) is 7.12. The zero-order chi connectivity index (χ0) is 19.5. The fourth-order valence-corrected chi connectivity index (χ4v) is 5.21. The second-order valence-electron chi connectivity index (χ2n) is 7.67. The van der Waals surface area contributed by atoms with Gasteiger partial charge in [-0.25, -0.2) is 0 Å². The van der Waals surface area contributed by atoms with E-state index in [1.165, 1.54) is 27.1 Å². The molecule has 2 aromatic carbocycles. The molecule has 1 aromatic heterocycles. The Balaban J connectivity index is 0.00000240. The second-order valence-corrected chi connectivity index (χ2v) is 8.62. The summed E-state index contributed by atoms with van der Waals surface area (Å²) in [5.74, 6) is -0.0546. The highest BCUT2D eigenvalue weighted by molar-refractivity contribution is 7.13. The number of carboxylic acids is 1. The minimum Gasteiger partial charge on any atom is -0.480 e. The van der Waals surface area contributed by atoms with Crippen molar-refractivity contribution in [1.82, 2.24) is 4.90 Å². The molecule has 152 valence electrons. The fraction of sp³-hybridized carbons (Fsp3) is 0.292. The van der Waals surface area contributed by atoms with Gasteiger partial charge in [0.2, 0.25) is 0 Å². The zero-order valence-corrected chi connectivity index (χ0v) is 18.1. The molecule has 0 saturated carbocycles. The number of rotatable bonds is 6. The van der Waals surface area contributed by atoms with Crippen LogP contribution in [0.15, 0.2) is 66.0 Å². The van der Waals surface area contributed by atoms with Crippen LogP contribution in [0, 0.1) is 5.92 Å². The van der Waals surface area contributed by atoms with Gasteiger partial charge in [0.05, 0.1) is 6.54 Å². The quantitative estimate of drug-likeness (QED) is 0.560. The number of carbonyl (C=O) groups is 1. The molecule has 1 N–H and O–H groups in total. The largest absolute Gasteiger partial charge is 0.480 e. The third-order valence-electron chi connectivity index (χ3n) is 5.65. The van der Waals surface area contributed by atoms with E-state index < -0.39 is 5.97 Å². The molecule has 2 atom stereocenters. The van der Waals surface area contributed by atoms with Crippen LogP contribution in [0.3, 0.4) is 0 Å². The molecule has 0 bridgehead atoms. The number of aryl methyl sites for hydroxylation is 1. The summed E-state index contributed by atoms with van der Waals surface area (Å²) in [5, 5.41) is 11.3. The number of likely N-dealkylation sites (N-methyl/N-ethyl adjacent to an activating group) is 1. The van der Waals surface area contributed by atoms with E-state index in [2.05, 4.69) is 66.0 Å². The summed E-state index contributed by atoms with van der Waals surface area (Å²) >= 11 is 1.78. The summed E-state index contributed by atoms with van der Waals surface area (Å²) < 4.78 is 0. The smallest absolute Gasteiger partial charge is 0.317 e. The molecule has 3 nitrogen and oxygen atoms in total. The molecule has 1 aliphatic rings. The number of halogens is 1. The number of nitrogens with zero attached hydrogens (tertiary/aromatic N) is 1. The Morgan fingerprint density at radius 2 is 1.93 bits per heavy atom. The predicted molar refractivity (Wildman–Crippen MR) is 122 cm³/mol. The maximum Gasteiger partial charge on any atom is 0.317 e. The topological polar surface area (TPSA) is 40.5 Å². The third-order valence-corrected chi connectivity index (χ3v) is 6.57. The summed E-state index contributed by atoms with van der Waals surface area (Å²) in [6, 6.07) is 21.8. The van der Waals surface area contributed by atoms with Crippen LogP contribution in [0.2, 0.25) is 0 Å². The Bertz CT molecular complexity index is 943. The van der Waals surface area contributed by atoms with Crippen LogP contribution in [0.1, 0.15) is 29.0 Å². The van der Waals surface area contributed by atoms with Gasteiger partial charge in [-0.05, 0) is 59.5 Å². The van der Waals surface area contributed by atoms with Crippen molar-refractivity contribution < 1.29 is 9.90 Å². The third kappa shape index (κ3) is 4.89. The lowest BCUT2D eigenvalue weighted by Gasteiger charge is -2.36. The van der Waals surface area contributed by atoms with E-state index >= 15 is 0 Å². The number of carboxylic acid groups (broad SMARTS) is 1. The summed E-state index contributed by atoms with van der Waals surface area (Å²) in [7, 11) is 1.91. The van der Waals surface area contributed by atoms with E-state index in [0.29, 0.717) is 11.8 Å². The van der Waals surface area contributed by atoms with E-state index in [9.17, 15) is 4.79 Å². The molecule has 1 aliphatic carbocycles. The Hall–Kier alpha value is -2.14. The predicted octanol–water partition coefficient (Wildman–Crippen LogP) is 5.55.